The van der Waals surface area contributed by atoms with Crippen molar-refractivity contribution in [3.63, 3.8) is 0 Å². The first-order chi connectivity index (χ1) is 11.4. The molecule has 0 spiro atoms. The van der Waals surface area contributed by atoms with Crippen LogP contribution in [-0.2, 0) is 28.6 Å². The minimum Gasteiger partial charge on any atom is -0.489 e. The number of allylic oxidation sites excluding steroid dienone is 2. The summed E-state index contributed by atoms with van der Waals surface area (Å²) in [5, 5.41) is 0. The normalized spacial score (nSPS) is 14.0. The van der Waals surface area contributed by atoms with Crippen LogP contribution in [-0.4, -0.2) is 39.2 Å². The third kappa shape index (κ3) is 7.81. The molecule has 0 aliphatic carbocycles. The molecule has 0 bridgehead atoms. The number of carbonyl (C=O) groups excluding carboxylic acids is 1. The molecule has 0 aliphatic heterocycles. The van der Waals surface area contributed by atoms with Crippen molar-refractivity contribution in [2.24, 2.45) is 17.7 Å². The monoisotopic (exact) mass is 345 g/mol. The highest BCUT2D eigenvalue weighted by molar-refractivity contribution is 5.75. The third-order valence-electron chi connectivity index (χ3n) is 3.22. The van der Waals surface area contributed by atoms with Gasteiger partial charge in [0.15, 0.2) is 6.29 Å². The number of esters is 1. The average molecular weight is 345 g/mol. The molecule has 0 rings (SSSR count). The first-order valence-electron chi connectivity index (χ1n) is 8.13. The van der Waals surface area contributed by atoms with Crippen LogP contribution >= 0.6 is 0 Å². The van der Waals surface area contributed by atoms with Gasteiger partial charge in [-0.2, -0.15) is 5.90 Å². The van der Waals surface area contributed by atoms with Crippen LogP contribution in [0.3, 0.4) is 0 Å². The Labute approximate surface area is 144 Å². The van der Waals surface area contributed by atoms with Gasteiger partial charge in [-0.25, -0.2) is 0 Å². The van der Waals surface area contributed by atoms with Crippen molar-refractivity contribution in [1.82, 2.24) is 0 Å². The van der Waals surface area contributed by atoms with Crippen LogP contribution in [0.2, 0.25) is 0 Å². The lowest BCUT2D eigenvalue weighted by Gasteiger charge is -2.21. The van der Waals surface area contributed by atoms with Crippen molar-refractivity contribution in [2.75, 3.05) is 26.9 Å². The Morgan fingerprint density at radius 1 is 1.17 bits per heavy atom. The van der Waals surface area contributed by atoms with Gasteiger partial charge in [-0.1, -0.05) is 13.8 Å². The number of nitrogens with two attached hydrogens (primary N) is 1. The van der Waals surface area contributed by atoms with Gasteiger partial charge >= 0.3 is 5.97 Å². The Hall–Kier alpha value is -1.57. The van der Waals surface area contributed by atoms with Crippen LogP contribution < -0.4 is 5.90 Å². The fourth-order valence-corrected chi connectivity index (χ4v) is 2.07. The van der Waals surface area contributed by atoms with E-state index in [1.807, 2.05) is 27.7 Å². The minimum atomic E-state index is -0.617. The molecule has 2 N–H and O–H groups in total. The zero-order chi connectivity index (χ0) is 18.5. The second-order valence-corrected chi connectivity index (χ2v) is 5.25. The largest absolute Gasteiger partial charge is 0.489 e. The van der Waals surface area contributed by atoms with E-state index in [-0.39, 0.29) is 18.3 Å². The standard InChI is InChI=1S/C17H31NO6/c1-7-13(23-11-15(21-8-2)22-9-3)10-14(24-18)16(12(4)5)17(19)20-6/h7,10,12,15-16H,8-9,11,18H2,1-6H3/b13-7-,14-10-. The number of hydrogen-bond donors (Lipinski definition) is 1. The summed E-state index contributed by atoms with van der Waals surface area (Å²) in [6, 6.07) is 0. The van der Waals surface area contributed by atoms with E-state index in [1.54, 1.807) is 19.1 Å². The molecule has 140 valence electrons. The Balaban J connectivity index is 5.12. The lowest BCUT2D eigenvalue weighted by atomic mass is 9.93. The number of hydrogen-bond acceptors (Lipinski definition) is 7. The van der Waals surface area contributed by atoms with Crippen molar-refractivity contribution < 1.29 is 28.6 Å². The summed E-state index contributed by atoms with van der Waals surface area (Å²) >= 11 is 0. The molecule has 7 nitrogen and oxygen atoms in total. The molecule has 0 aromatic rings. The molecular formula is C17H31NO6. The van der Waals surface area contributed by atoms with E-state index in [2.05, 4.69) is 0 Å². The highest BCUT2D eigenvalue weighted by Crippen LogP contribution is 2.24. The zero-order valence-corrected chi connectivity index (χ0v) is 15.5. The smallest absolute Gasteiger partial charge is 0.316 e. The maximum atomic E-state index is 12.0. The van der Waals surface area contributed by atoms with Crippen LogP contribution in [0.15, 0.2) is 23.7 Å². The van der Waals surface area contributed by atoms with Gasteiger partial charge in [0.1, 0.15) is 24.0 Å². The second kappa shape index (κ2) is 12.8. The molecule has 0 amide bonds. The molecule has 0 heterocycles. The van der Waals surface area contributed by atoms with Gasteiger partial charge in [0.25, 0.3) is 0 Å². The Kier molecular flexibility index (Phi) is 12.0. The molecule has 0 saturated carbocycles. The van der Waals surface area contributed by atoms with Crippen LogP contribution in [0, 0.1) is 11.8 Å². The van der Waals surface area contributed by atoms with E-state index in [9.17, 15) is 4.79 Å². The summed E-state index contributed by atoms with van der Waals surface area (Å²) in [6.45, 7) is 10.6. The molecule has 0 fully saturated rings. The lowest BCUT2D eigenvalue weighted by Crippen LogP contribution is -2.27. The summed E-state index contributed by atoms with van der Waals surface area (Å²) in [6.07, 6.45) is 2.85. The van der Waals surface area contributed by atoms with Gasteiger partial charge in [0, 0.05) is 19.3 Å². The van der Waals surface area contributed by atoms with E-state index in [0.29, 0.717) is 19.0 Å². The molecule has 1 unspecified atom stereocenters. The topological polar surface area (TPSA) is 89.2 Å². The molecule has 0 radical (unpaired) electrons. The molecule has 0 aromatic heterocycles. The van der Waals surface area contributed by atoms with Crippen molar-refractivity contribution in [2.45, 2.75) is 40.9 Å². The number of rotatable bonds is 12. The van der Waals surface area contributed by atoms with Gasteiger partial charge in [-0.3, -0.25) is 4.79 Å². The van der Waals surface area contributed by atoms with Gasteiger partial charge in [-0.05, 0) is 32.8 Å². The summed E-state index contributed by atoms with van der Waals surface area (Å²) in [7, 11) is 1.33. The predicted octanol–water partition coefficient (Wildman–Crippen LogP) is 2.53. The number of methoxy groups -OCH3 is 1. The fourth-order valence-electron chi connectivity index (χ4n) is 2.07. The summed E-state index contributed by atoms with van der Waals surface area (Å²) in [4.78, 5) is 16.9. The molecule has 7 heteroatoms. The van der Waals surface area contributed by atoms with Crippen molar-refractivity contribution in [1.29, 1.82) is 0 Å². The summed E-state index contributed by atoms with van der Waals surface area (Å²) < 4.78 is 21.3. The first kappa shape index (κ1) is 22.4. The Morgan fingerprint density at radius 3 is 2.12 bits per heavy atom. The summed E-state index contributed by atoms with van der Waals surface area (Å²) in [5.41, 5.74) is 0. The highest BCUT2D eigenvalue weighted by Gasteiger charge is 2.29. The van der Waals surface area contributed by atoms with Crippen LogP contribution in [0.25, 0.3) is 0 Å². The molecule has 0 saturated heterocycles. The molecular weight excluding hydrogens is 314 g/mol. The molecule has 1 atom stereocenters. The molecule has 24 heavy (non-hydrogen) atoms. The first-order valence-corrected chi connectivity index (χ1v) is 8.13. The van der Waals surface area contributed by atoms with Gasteiger partial charge < -0.3 is 23.8 Å². The van der Waals surface area contributed by atoms with Crippen molar-refractivity contribution in [3.05, 3.63) is 23.7 Å². The van der Waals surface area contributed by atoms with Crippen molar-refractivity contribution >= 4 is 5.97 Å². The lowest BCUT2D eigenvalue weighted by molar-refractivity contribution is -0.159. The fraction of sp³-hybridized carbons (Fsp3) is 0.706. The maximum Gasteiger partial charge on any atom is 0.316 e. The van der Waals surface area contributed by atoms with Gasteiger partial charge in [0.2, 0.25) is 0 Å². The highest BCUT2D eigenvalue weighted by atomic mass is 16.7. The average Bonchev–Trinajstić information content (AvgIpc) is 2.56. The number of ether oxygens (including phenoxy) is 4. The SMILES string of the molecule is C/C=C(/C=C(\ON)C(C(=O)OC)C(C)C)OCC(OCC)OCC. The van der Waals surface area contributed by atoms with Crippen molar-refractivity contribution in [3.8, 4) is 0 Å². The second-order valence-electron chi connectivity index (χ2n) is 5.25. The molecule has 0 aliphatic rings. The van der Waals surface area contributed by atoms with Crippen LogP contribution in [0.5, 0.6) is 0 Å². The predicted molar refractivity (Wildman–Crippen MR) is 90.4 cm³/mol. The number of carbonyl (C=O) groups is 1. The zero-order valence-electron chi connectivity index (χ0n) is 15.5. The van der Waals surface area contributed by atoms with E-state index in [1.165, 1.54) is 7.11 Å². The Bertz CT molecular complexity index is 413. The molecule has 0 aromatic carbocycles. The quantitative estimate of drug-likeness (QED) is 0.191. The third-order valence-corrected chi connectivity index (χ3v) is 3.22. The van der Waals surface area contributed by atoms with Gasteiger partial charge in [0.05, 0.1) is 7.11 Å². The maximum absolute atomic E-state index is 12.0. The van der Waals surface area contributed by atoms with Crippen LogP contribution in [0.4, 0.5) is 0 Å². The van der Waals surface area contributed by atoms with E-state index >= 15 is 0 Å². The van der Waals surface area contributed by atoms with E-state index in [0.717, 1.165) is 0 Å². The van der Waals surface area contributed by atoms with E-state index in [4.69, 9.17) is 29.7 Å². The Morgan fingerprint density at radius 2 is 1.75 bits per heavy atom. The van der Waals surface area contributed by atoms with Crippen LogP contribution in [0.1, 0.15) is 34.6 Å². The minimum absolute atomic E-state index is 0.0510. The van der Waals surface area contributed by atoms with Gasteiger partial charge in [-0.15, -0.1) is 0 Å². The summed E-state index contributed by atoms with van der Waals surface area (Å²) in [5.74, 6) is 5.03. The van der Waals surface area contributed by atoms with E-state index < -0.39 is 18.2 Å².